The molecule has 0 unspecified atom stereocenters. The van der Waals surface area contributed by atoms with Crippen molar-refractivity contribution in [3.63, 3.8) is 0 Å². The van der Waals surface area contributed by atoms with Gasteiger partial charge in [0.15, 0.2) is 5.65 Å². The molecule has 0 aliphatic carbocycles. The highest BCUT2D eigenvalue weighted by Crippen LogP contribution is 2.11. The molecule has 0 fully saturated rings. The molecule has 0 spiro atoms. The van der Waals surface area contributed by atoms with Gasteiger partial charge < -0.3 is 15.4 Å². The lowest BCUT2D eigenvalue weighted by atomic mass is 10.2. The van der Waals surface area contributed by atoms with Crippen molar-refractivity contribution in [2.24, 2.45) is 0 Å². The van der Waals surface area contributed by atoms with E-state index in [0.717, 1.165) is 17.2 Å². The molecule has 2 N–H and O–H groups in total. The molecule has 0 aliphatic heterocycles. The summed E-state index contributed by atoms with van der Waals surface area (Å²) < 4.78 is 6.76. The Kier molecular flexibility index (Phi) is 4.37. The third-order valence-electron chi connectivity index (χ3n) is 3.32. The highest BCUT2D eigenvalue weighted by atomic mass is 16.5. The Bertz CT molecular complexity index is 798. The van der Waals surface area contributed by atoms with Gasteiger partial charge in [0.1, 0.15) is 11.6 Å². The van der Waals surface area contributed by atoms with Crippen molar-refractivity contribution in [3.05, 3.63) is 54.4 Å². The maximum Gasteiger partial charge on any atom is 0.251 e. The van der Waals surface area contributed by atoms with E-state index in [1.54, 1.807) is 48.3 Å². The number of nitrogens with one attached hydrogen (secondary N) is 2. The van der Waals surface area contributed by atoms with Gasteiger partial charge in [-0.1, -0.05) is 0 Å². The van der Waals surface area contributed by atoms with E-state index in [1.807, 2.05) is 12.1 Å². The van der Waals surface area contributed by atoms with Gasteiger partial charge in [-0.15, -0.1) is 5.10 Å². The van der Waals surface area contributed by atoms with Crippen LogP contribution in [0.15, 0.2) is 48.8 Å². The van der Waals surface area contributed by atoms with E-state index in [4.69, 9.17) is 4.74 Å². The molecule has 0 saturated heterocycles. The van der Waals surface area contributed by atoms with Crippen molar-refractivity contribution in [2.75, 3.05) is 25.5 Å². The molecule has 7 nitrogen and oxygen atoms in total. The predicted octanol–water partition coefficient (Wildman–Crippen LogP) is 1.58. The summed E-state index contributed by atoms with van der Waals surface area (Å²) in [5.74, 6) is 1.34. The van der Waals surface area contributed by atoms with Gasteiger partial charge in [0.2, 0.25) is 0 Å². The number of imidazole rings is 1. The molecule has 0 bridgehead atoms. The number of ether oxygens (including phenoxy) is 1. The van der Waals surface area contributed by atoms with Crippen LogP contribution in [-0.4, -0.2) is 40.7 Å². The summed E-state index contributed by atoms with van der Waals surface area (Å²) in [6, 6.07) is 10.7. The first-order valence-electron chi connectivity index (χ1n) is 7.23. The number of carbonyl (C=O) groups is 1. The molecule has 1 aromatic carbocycles. The summed E-state index contributed by atoms with van der Waals surface area (Å²) in [4.78, 5) is 16.1. The lowest BCUT2D eigenvalue weighted by Crippen LogP contribution is -2.28. The van der Waals surface area contributed by atoms with E-state index in [9.17, 15) is 4.79 Å². The Hall–Kier alpha value is -3.09. The Balaban J connectivity index is 1.47. The van der Waals surface area contributed by atoms with Gasteiger partial charge in [-0.3, -0.25) is 4.79 Å². The molecule has 0 radical (unpaired) electrons. The lowest BCUT2D eigenvalue weighted by molar-refractivity contribution is 0.0955. The summed E-state index contributed by atoms with van der Waals surface area (Å²) in [6.45, 7) is 1.07. The Morgan fingerprint density at radius 2 is 2.00 bits per heavy atom. The molecule has 3 rings (SSSR count). The zero-order valence-corrected chi connectivity index (χ0v) is 12.7. The van der Waals surface area contributed by atoms with Crippen LogP contribution in [0.2, 0.25) is 0 Å². The van der Waals surface area contributed by atoms with Crippen LogP contribution in [0.4, 0.5) is 5.82 Å². The first-order chi connectivity index (χ1) is 11.3. The Morgan fingerprint density at radius 3 is 2.78 bits per heavy atom. The Morgan fingerprint density at radius 1 is 1.17 bits per heavy atom. The van der Waals surface area contributed by atoms with E-state index >= 15 is 0 Å². The molecular formula is C16H17N5O2. The van der Waals surface area contributed by atoms with Gasteiger partial charge in [-0.2, -0.15) is 0 Å². The first kappa shape index (κ1) is 14.8. The predicted molar refractivity (Wildman–Crippen MR) is 86.8 cm³/mol. The van der Waals surface area contributed by atoms with E-state index in [-0.39, 0.29) is 5.91 Å². The molecule has 3 aromatic rings. The summed E-state index contributed by atoms with van der Waals surface area (Å²) in [6.07, 6.45) is 3.48. The molecule has 0 aliphatic rings. The molecule has 0 saturated carbocycles. The van der Waals surface area contributed by atoms with Crippen LogP contribution in [0.25, 0.3) is 5.65 Å². The average molecular weight is 311 g/mol. The average Bonchev–Trinajstić information content (AvgIpc) is 3.06. The van der Waals surface area contributed by atoms with Gasteiger partial charge in [-0.05, 0) is 36.4 Å². The number of hydrogen-bond acceptors (Lipinski definition) is 5. The summed E-state index contributed by atoms with van der Waals surface area (Å²) in [7, 11) is 1.59. The van der Waals surface area contributed by atoms with Crippen LogP contribution >= 0.6 is 0 Å². The number of anilines is 1. The van der Waals surface area contributed by atoms with Gasteiger partial charge in [0.05, 0.1) is 7.11 Å². The number of nitrogens with zero attached hydrogens (tertiary/aromatic N) is 3. The van der Waals surface area contributed by atoms with Crippen LogP contribution in [0, 0.1) is 0 Å². The second kappa shape index (κ2) is 6.78. The fourth-order valence-corrected chi connectivity index (χ4v) is 2.12. The minimum atomic E-state index is -0.118. The van der Waals surface area contributed by atoms with Crippen molar-refractivity contribution < 1.29 is 9.53 Å². The van der Waals surface area contributed by atoms with Crippen molar-refractivity contribution >= 4 is 17.4 Å². The van der Waals surface area contributed by atoms with E-state index in [1.165, 1.54) is 0 Å². The van der Waals surface area contributed by atoms with Gasteiger partial charge in [0.25, 0.3) is 5.91 Å². The standard InChI is InChI=1S/C16H17N5O2/c1-23-13-4-2-12(3-5-13)16(22)19-9-8-17-14-6-7-15-18-10-11-21(15)20-14/h2-7,10-11H,8-9H2,1H3,(H,17,20)(H,19,22). The number of benzene rings is 1. The molecule has 23 heavy (non-hydrogen) atoms. The zero-order valence-electron chi connectivity index (χ0n) is 12.7. The van der Waals surface area contributed by atoms with Crippen molar-refractivity contribution in [1.29, 1.82) is 0 Å². The topological polar surface area (TPSA) is 80.5 Å². The second-order valence-corrected chi connectivity index (χ2v) is 4.86. The maximum atomic E-state index is 12.0. The SMILES string of the molecule is COc1ccc(C(=O)NCCNc2ccc3nccn3n2)cc1. The fraction of sp³-hybridized carbons (Fsp3) is 0.188. The molecule has 118 valence electrons. The van der Waals surface area contributed by atoms with Crippen LogP contribution < -0.4 is 15.4 Å². The number of rotatable bonds is 6. The van der Waals surface area contributed by atoms with Crippen molar-refractivity contribution in [2.45, 2.75) is 0 Å². The third kappa shape index (κ3) is 3.57. The minimum Gasteiger partial charge on any atom is -0.497 e. The van der Waals surface area contributed by atoms with Crippen LogP contribution in [0.5, 0.6) is 5.75 Å². The first-order valence-corrected chi connectivity index (χ1v) is 7.23. The number of hydrogen-bond donors (Lipinski definition) is 2. The zero-order chi connectivity index (χ0) is 16.1. The molecule has 7 heteroatoms. The number of amides is 1. The monoisotopic (exact) mass is 311 g/mol. The summed E-state index contributed by atoms with van der Waals surface area (Å²) in [5.41, 5.74) is 1.40. The maximum absolute atomic E-state index is 12.0. The number of fused-ring (bicyclic) bond motifs is 1. The van der Waals surface area contributed by atoms with Gasteiger partial charge in [0, 0.05) is 31.0 Å². The largest absolute Gasteiger partial charge is 0.497 e. The molecule has 2 heterocycles. The van der Waals surface area contributed by atoms with Crippen LogP contribution in [0.1, 0.15) is 10.4 Å². The molecule has 0 atom stereocenters. The van der Waals surface area contributed by atoms with E-state index < -0.39 is 0 Å². The molecule has 1 amide bonds. The Labute approximate surface area is 133 Å². The number of aromatic nitrogens is 3. The van der Waals surface area contributed by atoms with Crippen LogP contribution in [-0.2, 0) is 0 Å². The molecular weight excluding hydrogens is 294 g/mol. The second-order valence-electron chi connectivity index (χ2n) is 4.86. The van der Waals surface area contributed by atoms with Gasteiger partial charge in [-0.25, -0.2) is 9.50 Å². The highest BCUT2D eigenvalue weighted by Gasteiger charge is 2.04. The summed E-state index contributed by atoms with van der Waals surface area (Å²) in [5, 5.41) is 10.4. The fourth-order valence-electron chi connectivity index (χ4n) is 2.12. The van der Waals surface area contributed by atoms with Crippen molar-refractivity contribution in [1.82, 2.24) is 19.9 Å². The van der Waals surface area contributed by atoms with E-state index in [2.05, 4.69) is 20.7 Å². The van der Waals surface area contributed by atoms with E-state index in [0.29, 0.717) is 18.7 Å². The van der Waals surface area contributed by atoms with Crippen LogP contribution in [0.3, 0.4) is 0 Å². The third-order valence-corrected chi connectivity index (χ3v) is 3.32. The highest BCUT2D eigenvalue weighted by molar-refractivity contribution is 5.94. The smallest absolute Gasteiger partial charge is 0.251 e. The number of methoxy groups -OCH3 is 1. The molecule has 2 aromatic heterocycles. The summed E-state index contributed by atoms with van der Waals surface area (Å²) >= 11 is 0. The normalized spacial score (nSPS) is 10.5. The quantitative estimate of drug-likeness (QED) is 0.676. The van der Waals surface area contributed by atoms with Crippen molar-refractivity contribution in [3.8, 4) is 5.75 Å². The van der Waals surface area contributed by atoms with Gasteiger partial charge >= 0.3 is 0 Å². The minimum absolute atomic E-state index is 0.118. The lowest BCUT2D eigenvalue weighted by Gasteiger charge is -2.08. The number of carbonyl (C=O) groups excluding carboxylic acids is 1.